The van der Waals surface area contributed by atoms with E-state index in [9.17, 15) is 0 Å². The first-order valence-electron chi connectivity index (χ1n) is 17.1. The summed E-state index contributed by atoms with van der Waals surface area (Å²) in [6, 6.07) is 61.0. The van der Waals surface area contributed by atoms with Gasteiger partial charge in [-0.15, -0.1) is 0 Å². The molecule has 0 aliphatic heterocycles. The summed E-state index contributed by atoms with van der Waals surface area (Å²) in [5.41, 5.74) is 10.7. The van der Waals surface area contributed by atoms with Crippen LogP contribution in [0.5, 0.6) is 0 Å². The maximum atomic E-state index is 6.37. The zero-order valence-corrected chi connectivity index (χ0v) is 27.0. The fourth-order valence-electron chi connectivity index (χ4n) is 8.29. The van der Waals surface area contributed by atoms with Crippen LogP contribution in [0.25, 0.3) is 110 Å². The van der Waals surface area contributed by atoms with Gasteiger partial charge in [0.1, 0.15) is 22.3 Å². The normalized spacial score (nSPS) is 12.0. The van der Waals surface area contributed by atoms with E-state index in [0.717, 1.165) is 43.9 Å². The molecule has 2 heteroatoms. The Balaban J connectivity index is 1.30. The maximum Gasteiger partial charge on any atom is 0.136 e. The van der Waals surface area contributed by atoms with Gasteiger partial charge in [-0.3, -0.25) is 0 Å². The van der Waals surface area contributed by atoms with Crippen LogP contribution in [0.1, 0.15) is 0 Å². The van der Waals surface area contributed by atoms with Crippen molar-refractivity contribution in [3.8, 4) is 33.4 Å². The molecule has 0 saturated carbocycles. The van der Waals surface area contributed by atoms with Crippen molar-refractivity contribution in [2.24, 2.45) is 0 Å². The molecular weight excluding hydrogens is 609 g/mol. The van der Waals surface area contributed by atoms with E-state index in [1.807, 2.05) is 12.1 Å². The summed E-state index contributed by atoms with van der Waals surface area (Å²) < 4.78 is 12.7. The van der Waals surface area contributed by atoms with Crippen molar-refractivity contribution < 1.29 is 8.83 Å². The lowest BCUT2D eigenvalue weighted by atomic mass is 9.85. The van der Waals surface area contributed by atoms with Gasteiger partial charge in [0.25, 0.3) is 0 Å². The Morgan fingerprint density at radius 3 is 1.34 bits per heavy atom. The van der Waals surface area contributed by atoms with Crippen molar-refractivity contribution in [2.75, 3.05) is 0 Å². The Kier molecular flexibility index (Phi) is 5.70. The Morgan fingerprint density at radius 1 is 0.280 bits per heavy atom. The zero-order valence-electron chi connectivity index (χ0n) is 27.0. The molecule has 0 N–H and O–H groups in total. The molecule has 0 atom stereocenters. The van der Waals surface area contributed by atoms with Crippen molar-refractivity contribution in [1.29, 1.82) is 0 Å². The van der Waals surface area contributed by atoms with Gasteiger partial charge in [0.05, 0.1) is 0 Å². The molecule has 2 aromatic heterocycles. The van der Waals surface area contributed by atoms with E-state index in [1.54, 1.807) is 0 Å². The molecule has 0 spiro atoms. The highest BCUT2D eigenvalue weighted by molar-refractivity contribution is 6.23. The van der Waals surface area contributed by atoms with Crippen LogP contribution < -0.4 is 0 Å². The van der Waals surface area contributed by atoms with Gasteiger partial charge >= 0.3 is 0 Å². The van der Waals surface area contributed by atoms with Gasteiger partial charge in [-0.05, 0) is 102 Å². The van der Waals surface area contributed by atoms with E-state index in [4.69, 9.17) is 8.83 Å². The van der Waals surface area contributed by atoms with Crippen LogP contribution in [0.2, 0.25) is 0 Å². The predicted molar refractivity (Wildman–Crippen MR) is 210 cm³/mol. The first-order valence-corrected chi connectivity index (χ1v) is 17.1. The number of hydrogen-bond acceptors (Lipinski definition) is 2. The summed E-state index contributed by atoms with van der Waals surface area (Å²) >= 11 is 0. The van der Waals surface area contributed by atoms with E-state index in [-0.39, 0.29) is 0 Å². The zero-order chi connectivity index (χ0) is 32.8. The summed E-state index contributed by atoms with van der Waals surface area (Å²) in [7, 11) is 0. The standard InChI is InChI=1S/C48H28O2/c1-2-12-30-27-31(26-25-29(30)11-1)46-36-17-7-15-32(34-19-9-23-44-47(34)38-13-3-5-21-42(38)49-44)40(36)28-41-33(16-8-18-37(41)46)35-20-10-24-45-48(35)39-14-4-6-22-43(39)50-45/h1-28H. The topological polar surface area (TPSA) is 26.3 Å². The van der Waals surface area contributed by atoms with Gasteiger partial charge in [-0.1, -0.05) is 133 Å². The minimum atomic E-state index is 0.899. The fourth-order valence-corrected chi connectivity index (χ4v) is 8.29. The number of fused-ring (bicyclic) bond motifs is 9. The average Bonchev–Trinajstić information content (AvgIpc) is 3.75. The molecule has 0 amide bonds. The minimum absolute atomic E-state index is 0.899. The molecule has 0 aliphatic carbocycles. The van der Waals surface area contributed by atoms with Crippen molar-refractivity contribution in [3.63, 3.8) is 0 Å². The molecular formula is C48H28O2. The van der Waals surface area contributed by atoms with Crippen molar-refractivity contribution in [3.05, 3.63) is 170 Å². The van der Waals surface area contributed by atoms with Crippen LogP contribution in [0, 0.1) is 0 Å². The van der Waals surface area contributed by atoms with Crippen LogP contribution in [0.15, 0.2) is 179 Å². The highest BCUT2D eigenvalue weighted by atomic mass is 16.3. The number of benzene rings is 9. The van der Waals surface area contributed by atoms with Crippen LogP contribution in [-0.2, 0) is 0 Å². The van der Waals surface area contributed by atoms with Crippen LogP contribution in [0.4, 0.5) is 0 Å². The SMILES string of the molecule is c1ccc2cc(-c3c4cccc(-c5cccc6oc7ccccc7c56)c4cc4c(-c5cccc6oc7ccccc7c56)cccc34)ccc2c1. The lowest BCUT2D eigenvalue weighted by molar-refractivity contribution is 0.668. The Morgan fingerprint density at radius 2 is 0.740 bits per heavy atom. The summed E-state index contributed by atoms with van der Waals surface area (Å²) in [4.78, 5) is 0. The number of furan rings is 2. The first-order chi connectivity index (χ1) is 24.8. The molecule has 2 nitrogen and oxygen atoms in total. The molecule has 0 radical (unpaired) electrons. The molecule has 0 saturated heterocycles. The molecule has 11 aromatic rings. The third-order valence-electron chi connectivity index (χ3n) is 10.5. The van der Waals surface area contributed by atoms with E-state index in [2.05, 4.69) is 158 Å². The third-order valence-corrected chi connectivity index (χ3v) is 10.5. The van der Waals surface area contributed by atoms with Crippen LogP contribution >= 0.6 is 0 Å². The highest BCUT2D eigenvalue weighted by Crippen LogP contribution is 2.47. The molecule has 11 rings (SSSR count). The largest absolute Gasteiger partial charge is 0.456 e. The summed E-state index contributed by atoms with van der Waals surface area (Å²) in [5, 5.41) is 11.9. The molecule has 232 valence electrons. The summed E-state index contributed by atoms with van der Waals surface area (Å²) in [6.07, 6.45) is 0. The molecule has 50 heavy (non-hydrogen) atoms. The smallest absolute Gasteiger partial charge is 0.136 e. The second-order valence-corrected chi connectivity index (χ2v) is 13.2. The second kappa shape index (κ2) is 10.4. The van der Waals surface area contributed by atoms with Gasteiger partial charge < -0.3 is 8.83 Å². The molecule has 0 aliphatic rings. The van der Waals surface area contributed by atoms with Crippen molar-refractivity contribution >= 4 is 76.2 Å². The molecule has 0 unspecified atom stereocenters. The highest BCUT2D eigenvalue weighted by Gasteiger charge is 2.20. The Labute approximate surface area is 287 Å². The lowest BCUT2D eigenvalue weighted by Gasteiger charge is -2.18. The number of rotatable bonds is 3. The fraction of sp³-hybridized carbons (Fsp3) is 0. The van der Waals surface area contributed by atoms with Gasteiger partial charge in [0.15, 0.2) is 0 Å². The predicted octanol–water partition coefficient (Wildman–Crippen LogP) is 13.9. The average molecular weight is 637 g/mol. The van der Waals surface area contributed by atoms with E-state index in [0.29, 0.717) is 0 Å². The molecule has 0 bridgehead atoms. The first kappa shape index (κ1) is 27.3. The Bertz CT molecular complexity index is 2980. The van der Waals surface area contributed by atoms with Gasteiger partial charge in [0, 0.05) is 21.5 Å². The van der Waals surface area contributed by atoms with Crippen molar-refractivity contribution in [2.45, 2.75) is 0 Å². The quantitative estimate of drug-likeness (QED) is 0.180. The van der Waals surface area contributed by atoms with Gasteiger partial charge in [-0.25, -0.2) is 0 Å². The lowest BCUT2D eigenvalue weighted by Crippen LogP contribution is -1.91. The molecule has 2 heterocycles. The van der Waals surface area contributed by atoms with Crippen LogP contribution in [-0.4, -0.2) is 0 Å². The monoisotopic (exact) mass is 636 g/mol. The third kappa shape index (κ3) is 3.90. The summed E-state index contributed by atoms with van der Waals surface area (Å²) in [6.45, 7) is 0. The van der Waals surface area contributed by atoms with Crippen molar-refractivity contribution in [1.82, 2.24) is 0 Å². The molecule has 9 aromatic carbocycles. The van der Waals surface area contributed by atoms with Gasteiger partial charge in [0.2, 0.25) is 0 Å². The van der Waals surface area contributed by atoms with Crippen LogP contribution in [0.3, 0.4) is 0 Å². The van der Waals surface area contributed by atoms with E-state index in [1.165, 1.54) is 65.7 Å². The maximum absolute atomic E-state index is 6.37. The van der Waals surface area contributed by atoms with Gasteiger partial charge in [-0.2, -0.15) is 0 Å². The summed E-state index contributed by atoms with van der Waals surface area (Å²) in [5.74, 6) is 0. The molecule has 0 fully saturated rings. The number of para-hydroxylation sites is 2. The van der Waals surface area contributed by atoms with E-state index < -0.39 is 0 Å². The minimum Gasteiger partial charge on any atom is -0.456 e. The number of hydrogen-bond donors (Lipinski definition) is 0. The Hall–Kier alpha value is -6.64. The van der Waals surface area contributed by atoms with E-state index >= 15 is 0 Å². The second-order valence-electron chi connectivity index (χ2n) is 13.2.